The van der Waals surface area contributed by atoms with Crippen LogP contribution in [0.1, 0.15) is 6.92 Å². The molecule has 0 aromatic carbocycles. The highest BCUT2D eigenvalue weighted by Gasteiger charge is 2.38. The molecule has 9 heteroatoms. The van der Waals surface area contributed by atoms with Crippen LogP contribution in [0.5, 0.6) is 0 Å². The summed E-state index contributed by atoms with van der Waals surface area (Å²) in [5.74, 6) is 1.22. The van der Waals surface area contributed by atoms with Crippen LogP contribution in [0.4, 0.5) is 11.9 Å². The van der Waals surface area contributed by atoms with Crippen LogP contribution >= 0.6 is 11.6 Å². The van der Waals surface area contributed by atoms with Crippen molar-refractivity contribution in [2.24, 2.45) is 0 Å². The molecule has 4 heterocycles. The molecular formula is C14H20ClN5O3. The van der Waals surface area contributed by atoms with Crippen LogP contribution in [0, 0.1) is 0 Å². The van der Waals surface area contributed by atoms with E-state index < -0.39 is 0 Å². The summed E-state index contributed by atoms with van der Waals surface area (Å²) in [6, 6.07) is 0.453. The van der Waals surface area contributed by atoms with E-state index in [9.17, 15) is 0 Å². The SMILES string of the molecule is CC1COCCN1c1nc(Cl)nc(N2C3COCC2COC3)n1. The molecule has 0 spiro atoms. The van der Waals surface area contributed by atoms with Crippen LogP contribution in [0.3, 0.4) is 0 Å². The molecule has 0 radical (unpaired) electrons. The van der Waals surface area contributed by atoms with Gasteiger partial charge in [-0.1, -0.05) is 0 Å². The van der Waals surface area contributed by atoms with Gasteiger partial charge in [-0.15, -0.1) is 0 Å². The zero-order valence-electron chi connectivity index (χ0n) is 13.0. The van der Waals surface area contributed by atoms with Crippen molar-refractivity contribution in [2.45, 2.75) is 25.0 Å². The Morgan fingerprint density at radius 1 is 0.913 bits per heavy atom. The molecule has 0 N–H and O–H groups in total. The van der Waals surface area contributed by atoms with Crippen LogP contribution in [-0.4, -0.2) is 79.3 Å². The topological polar surface area (TPSA) is 72.8 Å². The van der Waals surface area contributed by atoms with Gasteiger partial charge in [-0.3, -0.25) is 0 Å². The summed E-state index contributed by atoms with van der Waals surface area (Å²) in [6.45, 7) is 6.63. The predicted octanol–water partition coefficient (Wildman–Crippen LogP) is 0.354. The average Bonchev–Trinajstić information content (AvgIpc) is 2.54. The number of rotatable bonds is 2. The minimum atomic E-state index is 0.121. The first-order valence-electron chi connectivity index (χ1n) is 7.92. The summed E-state index contributed by atoms with van der Waals surface area (Å²) in [4.78, 5) is 17.7. The molecule has 0 amide bonds. The molecule has 2 bridgehead atoms. The quantitative estimate of drug-likeness (QED) is 0.763. The molecule has 3 aliphatic rings. The number of ether oxygens (including phenoxy) is 3. The van der Waals surface area contributed by atoms with Gasteiger partial charge in [0.05, 0.1) is 57.8 Å². The van der Waals surface area contributed by atoms with Crippen LogP contribution < -0.4 is 9.80 Å². The zero-order valence-corrected chi connectivity index (χ0v) is 13.8. The molecule has 1 aromatic heterocycles. The molecule has 4 rings (SSSR count). The Labute approximate surface area is 139 Å². The van der Waals surface area contributed by atoms with Crippen molar-refractivity contribution < 1.29 is 14.2 Å². The third-order valence-corrected chi connectivity index (χ3v) is 4.64. The second kappa shape index (κ2) is 6.35. The second-order valence-electron chi connectivity index (χ2n) is 6.11. The predicted molar refractivity (Wildman–Crippen MR) is 84.2 cm³/mol. The molecule has 8 nitrogen and oxygen atoms in total. The molecule has 1 unspecified atom stereocenters. The summed E-state index contributed by atoms with van der Waals surface area (Å²) in [5.41, 5.74) is 0. The Morgan fingerprint density at radius 2 is 1.57 bits per heavy atom. The summed E-state index contributed by atoms with van der Waals surface area (Å²) < 4.78 is 16.7. The molecule has 3 fully saturated rings. The minimum Gasteiger partial charge on any atom is -0.377 e. The van der Waals surface area contributed by atoms with E-state index in [2.05, 4.69) is 26.7 Å². The number of hydrogen-bond acceptors (Lipinski definition) is 8. The Kier molecular flexibility index (Phi) is 4.23. The lowest BCUT2D eigenvalue weighted by Gasteiger charge is -2.45. The van der Waals surface area contributed by atoms with Crippen molar-refractivity contribution in [3.05, 3.63) is 5.28 Å². The number of aromatic nitrogens is 3. The third-order valence-electron chi connectivity index (χ3n) is 4.47. The molecule has 126 valence electrons. The van der Waals surface area contributed by atoms with Crippen molar-refractivity contribution in [1.29, 1.82) is 0 Å². The fourth-order valence-corrected chi connectivity index (χ4v) is 3.47. The maximum absolute atomic E-state index is 6.18. The molecule has 3 saturated heterocycles. The summed E-state index contributed by atoms with van der Waals surface area (Å²) >= 11 is 6.18. The molecule has 23 heavy (non-hydrogen) atoms. The van der Waals surface area contributed by atoms with E-state index in [0.717, 1.165) is 6.54 Å². The van der Waals surface area contributed by atoms with Gasteiger partial charge in [-0.2, -0.15) is 15.0 Å². The van der Waals surface area contributed by atoms with Gasteiger partial charge in [-0.05, 0) is 18.5 Å². The van der Waals surface area contributed by atoms with Gasteiger partial charge in [0.2, 0.25) is 17.2 Å². The fraction of sp³-hybridized carbons (Fsp3) is 0.786. The van der Waals surface area contributed by atoms with Crippen molar-refractivity contribution >= 4 is 23.5 Å². The molecule has 0 aliphatic carbocycles. The van der Waals surface area contributed by atoms with Gasteiger partial charge in [-0.25, -0.2) is 0 Å². The fourth-order valence-electron chi connectivity index (χ4n) is 3.32. The Hall–Kier alpha value is -1.22. The Bertz CT molecular complexity index is 555. The Balaban J connectivity index is 1.66. The molecule has 1 aromatic rings. The Morgan fingerprint density at radius 3 is 2.22 bits per heavy atom. The van der Waals surface area contributed by atoms with Crippen molar-refractivity contribution in [3.8, 4) is 0 Å². The van der Waals surface area contributed by atoms with Gasteiger partial charge in [0.15, 0.2) is 0 Å². The summed E-state index contributed by atoms with van der Waals surface area (Å²) in [6.07, 6.45) is 0. The second-order valence-corrected chi connectivity index (χ2v) is 6.45. The van der Waals surface area contributed by atoms with Crippen molar-refractivity contribution in [2.75, 3.05) is 56.0 Å². The van der Waals surface area contributed by atoms with Crippen molar-refractivity contribution in [1.82, 2.24) is 15.0 Å². The first-order valence-corrected chi connectivity index (χ1v) is 8.30. The van der Waals surface area contributed by atoms with E-state index in [-0.39, 0.29) is 23.4 Å². The van der Waals surface area contributed by atoms with Gasteiger partial charge >= 0.3 is 0 Å². The molecular weight excluding hydrogens is 322 g/mol. The maximum atomic E-state index is 6.18. The normalized spacial score (nSPS) is 31.3. The highest BCUT2D eigenvalue weighted by Crippen LogP contribution is 2.27. The highest BCUT2D eigenvalue weighted by molar-refractivity contribution is 6.28. The van der Waals surface area contributed by atoms with Gasteiger partial charge < -0.3 is 24.0 Å². The van der Waals surface area contributed by atoms with Crippen LogP contribution in [0.25, 0.3) is 0 Å². The van der Waals surface area contributed by atoms with Crippen LogP contribution in [-0.2, 0) is 14.2 Å². The summed E-state index contributed by atoms with van der Waals surface area (Å²) in [7, 11) is 0. The van der Waals surface area contributed by atoms with E-state index in [4.69, 9.17) is 30.8 Å². The molecule has 0 saturated carbocycles. The summed E-state index contributed by atoms with van der Waals surface area (Å²) in [5, 5.41) is 0.217. The lowest BCUT2D eigenvalue weighted by atomic mass is 10.1. The monoisotopic (exact) mass is 341 g/mol. The highest BCUT2D eigenvalue weighted by atomic mass is 35.5. The molecule has 3 aliphatic heterocycles. The number of hydrogen-bond donors (Lipinski definition) is 0. The number of fused-ring (bicyclic) bond motifs is 2. The van der Waals surface area contributed by atoms with E-state index in [0.29, 0.717) is 51.5 Å². The van der Waals surface area contributed by atoms with E-state index in [1.165, 1.54) is 0 Å². The minimum absolute atomic E-state index is 0.121. The smallest absolute Gasteiger partial charge is 0.232 e. The maximum Gasteiger partial charge on any atom is 0.232 e. The number of morpholine rings is 3. The number of anilines is 2. The number of nitrogens with zero attached hydrogens (tertiary/aromatic N) is 5. The third kappa shape index (κ3) is 2.96. The van der Waals surface area contributed by atoms with Gasteiger partial charge in [0, 0.05) is 6.54 Å². The lowest BCUT2D eigenvalue weighted by molar-refractivity contribution is -0.0355. The van der Waals surface area contributed by atoms with E-state index >= 15 is 0 Å². The largest absolute Gasteiger partial charge is 0.377 e. The molecule has 1 atom stereocenters. The first-order chi connectivity index (χ1) is 11.2. The lowest BCUT2D eigenvalue weighted by Crippen LogP contribution is -2.60. The van der Waals surface area contributed by atoms with E-state index in [1.54, 1.807) is 0 Å². The van der Waals surface area contributed by atoms with Crippen LogP contribution in [0.15, 0.2) is 0 Å². The average molecular weight is 342 g/mol. The van der Waals surface area contributed by atoms with Crippen LogP contribution in [0.2, 0.25) is 5.28 Å². The van der Waals surface area contributed by atoms with Gasteiger partial charge in [0.25, 0.3) is 0 Å². The van der Waals surface area contributed by atoms with Gasteiger partial charge in [0.1, 0.15) is 0 Å². The van der Waals surface area contributed by atoms with Crippen molar-refractivity contribution in [3.63, 3.8) is 0 Å². The zero-order chi connectivity index (χ0) is 15.8. The number of halogens is 1. The van der Waals surface area contributed by atoms with E-state index in [1.807, 2.05) is 0 Å². The standard InChI is InChI=1S/C14H20ClN5O3/c1-9-4-21-3-2-19(9)13-16-12(15)17-14(18-13)20-10-5-22-7-11(20)8-23-6-10/h9-11H,2-8H2,1H3. The first kappa shape index (κ1) is 15.3.